The molecule has 1 heterocycles. The third-order valence-corrected chi connectivity index (χ3v) is 4.45. The number of likely N-dealkylation sites (tertiary alicyclic amines) is 1. The minimum absolute atomic E-state index is 0.00993. The summed E-state index contributed by atoms with van der Waals surface area (Å²) in [6.07, 6.45) is -1.46. The molecule has 1 unspecified atom stereocenters. The number of amides is 2. The molecular formula is C19H26N2O6. The molecule has 0 saturated carbocycles. The number of carbonyl (C=O) groups is 3. The SMILES string of the molecule is COC(=O)N[C@H](C(=O)N1CC(O)C[C@H]1C(=O)OCc1ccccc1)C(C)C. The van der Waals surface area contributed by atoms with Crippen LogP contribution in [0.25, 0.3) is 0 Å². The van der Waals surface area contributed by atoms with E-state index in [-0.39, 0.29) is 25.5 Å². The maximum absolute atomic E-state index is 12.9. The molecule has 2 amide bonds. The summed E-state index contributed by atoms with van der Waals surface area (Å²) in [5.74, 6) is -1.26. The number of rotatable bonds is 6. The van der Waals surface area contributed by atoms with Gasteiger partial charge in [-0.25, -0.2) is 9.59 Å². The highest BCUT2D eigenvalue weighted by atomic mass is 16.5. The van der Waals surface area contributed by atoms with Gasteiger partial charge in [-0.3, -0.25) is 4.79 Å². The predicted molar refractivity (Wildman–Crippen MR) is 96.5 cm³/mol. The molecule has 1 aliphatic heterocycles. The second kappa shape index (κ2) is 9.36. The van der Waals surface area contributed by atoms with Crippen LogP contribution in [-0.4, -0.2) is 59.8 Å². The van der Waals surface area contributed by atoms with Crippen LogP contribution in [0.2, 0.25) is 0 Å². The Kier molecular flexibility index (Phi) is 7.18. The van der Waals surface area contributed by atoms with Crippen molar-refractivity contribution < 1.29 is 29.0 Å². The standard InChI is InChI=1S/C19H26N2O6/c1-12(2)16(20-19(25)26-3)17(23)21-10-14(22)9-15(21)18(24)27-11-13-7-5-4-6-8-13/h4-8,12,14-16,22H,9-11H2,1-3H3,(H,20,25)/t14?,15-,16-/m0/s1. The molecule has 148 valence electrons. The lowest BCUT2D eigenvalue weighted by Gasteiger charge is -2.29. The van der Waals surface area contributed by atoms with Crippen molar-refractivity contribution in [2.75, 3.05) is 13.7 Å². The average molecular weight is 378 g/mol. The highest BCUT2D eigenvalue weighted by molar-refractivity contribution is 5.90. The summed E-state index contributed by atoms with van der Waals surface area (Å²) >= 11 is 0. The molecule has 0 spiro atoms. The van der Waals surface area contributed by atoms with E-state index in [0.29, 0.717) is 0 Å². The summed E-state index contributed by atoms with van der Waals surface area (Å²) < 4.78 is 9.89. The molecule has 1 fully saturated rings. The number of nitrogens with zero attached hydrogens (tertiary/aromatic N) is 1. The Labute approximate surface area is 158 Å². The van der Waals surface area contributed by atoms with Crippen molar-refractivity contribution in [1.82, 2.24) is 10.2 Å². The number of carbonyl (C=O) groups excluding carboxylic acids is 3. The normalized spacial score (nSPS) is 20.3. The van der Waals surface area contributed by atoms with Gasteiger partial charge in [-0.2, -0.15) is 0 Å². The second-order valence-electron chi connectivity index (χ2n) is 6.85. The molecule has 0 bridgehead atoms. The summed E-state index contributed by atoms with van der Waals surface area (Å²) in [5, 5.41) is 12.5. The van der Waals surface area contributed by atoms with Gasteiger partial charge in [0.25, 0.3) is 0 Å². The largest absolute Gasteiger partial charge is 0.459 e. The van der Waals surface area contributed by atoms with Crippen LogP contribution in [-0.2, 0) is 25.7 Å². The van der Waals surface area contributed by atoms with Gasteiger partial charge in [0.05, 0.1) is 13.2 Å². The van der Waals surface area contributed by atoms with E-state index in [1.54, 1.807) is 13.8 Å². The topological polar surface area (TPSA) is 105 Å². The minimum Gasteiger partial charge on any atom is -0.459 e. The number of nitrogens with one attached hydrogen (secondary N) is 1. The van der Waals surface area contributed by atoms with E-state index in [0.717, 1.165) is 5.56 Å². The molecule has 1 aromatic rings. The van der Waals surface area contributed by atoms with Gasteiger partial charge in [-0.1, -0.05) is 44.2 Å². The van der Waals surface area contributed by atoms with Crippen LogP contribution >= 0.6 is 0 Å². The van der Waals surface area contributed by atoms with Crippen LogP contribution in [0, 0.1) is 5.92 Å². The van der Waals surface area contributed by atoms with Crippen LogP contribution < -0.4 is 5.32 Å². The van der Waals surface area contributed by atoms with E-state index >= 15 is 0 Å². The molecule has 1 saturated heterocycles. The van der Waals surface area contributed by atoms with Crippen LogP contribution in [0.5, 0.6) is 0 Å². The van der Waals surface area contributed by atoms with Gasteiger partial charge in [0.1, 0.15) is 18.7 Å². The summed E-state index contributed by atoms with van der Waals surface area (Å²) in [6.45, 7) is 3.64. The second-order valence-corrected chi connectivity index (χ2v) is 6.85. The van der Waals surface area contributed by atoms with E-state index in [1.807, 2.05) is 30.3 Å². The fourth-order valence-corrected chi connectivity index (χ4v) is 2.98. The quantitative estimate of drug-likeness (QED) is 0.718. The minimum atomic E-state index is -0.892. The molecule has 27 heavy (non-hydrogen) atoms. The number of β-amino-alcohol motifs (C(OH)–C–C–N with tert-alkyl or cyclic N) is 1. The first-order valence-corrected chi connectivity index (χ1v) is 8.87. The lowest BCUT2D eigenvalue weighted by atomic mass is 10.0. The number of benzene rings is 1. The van der Waals surface area contributed by atoms with Crippen molar-refractivity contribution in [2.24, 2.45) is 5.92 Å². The van der Waals surface area contributed by atoms with Crippen molar-refractivity contribution >= 4 is 18.0 Å². The molecule has 1 aromatic carbocycles. The lowest BCUT2D eigenvalue weighted by molar-refractivity contribution is -0.155. The highest BCUT2D eigenvalue weighted by Gasteiger charge is 2.43. The number of alkyl carbamates (subject to hydrolysis) is 1. The molecule has 1 aliphatic rings. The summed E-state index contributed by atoms with van der Waals surface area (Å²) in [7, 11) is 1.21. The number of methoxy groups -OCH3 is 1. The molecule has 8 heteroatoms. The van der Waals surface area contributed by atoms with Crippen LogP contribution in [0.3, 0.4) is 0 Å². The smallest absolute Gasteiger partial charge is 0.407 e. The van der Waals surface area contributed by atoms with E-state index < -0.39 is 36.2 Å². The molecule has 2 N–H and O–H groups in total. The summed E-state index contributed by atoms with van der Waals surface area (Å²) in [5.41, 5.74) is 0.828. The van der Waals surface area contributed by atoms with Gasteiger partial charge in [0.2, 0.25) is 5.91 Å². The first-order chi connectivity index (χ1) is 12.8. The molecule has 2 rings (SSSR count). The maximum atomic E-state index is 12.9. The number of esters is 1. The Balaban J connectivity index is 2.07. The number of ether oxygens (including phenoxy) is 2. The van der Waals surface area contributed by atoms with Crippen molar-refractivity contribution in [3.8, 4) is 0 Å². The van der Waals surface area contributed by atoms with Crippen molar-refractivity contribution in [1.29, 1.82) is 0 Å². The number of hydrogen-bond donors (Lipinski definition) is 2. The first kappa shape index (κ1) is 20.7. The average Bonchev–Trinajstić information content (AvgIpc) is 3.05. The fraction of sp³-hybridized carbons (Fsp3) is 0.526. The predicted octanol–water partition coefficient (Wildman–Crippen LogP) is 1.07. The Hall–Kier alpha value is -2.61. The number of aliphatic hydroxyl groups is 1. The zero-order valence-electron chi connectivity index (χ0n) is 15.8. The summed E-state index contributed by atoms with van der Waals surface area (Å²) in [4.78, 5) is 38.2. The maximum Gasteiger partial charge on any atom is 0.407 e. The zero-order valence-corrected chi connectivity index (χ0v) is 15.8. The van der Waals surface area contributed by atoms with Gasteiger partial charge in [-0.15, -0.1) is 0 Å². The van der Waals surface area contributed by atoms with Crippen molar-refractivity contribution in [2.45, 2.75) is 45.1 Å². The molecule has 0 aliphatic carbocycles. The van der Waals surface area contributed by atoms with Gasteiger partial charge in [-0.05, 0) is 11.5 Å². The number of hydrogen-bond acceptors (Lipinski definition) is 6. The van der Waals surface area contributed by atoms with Gasteiger partial charge in [0, 0.05) is 13.0 Å². The molecular weight excluding hydrogens is 352 g/mol. The summed E-state index contributed by atoms with van der Waals surface area (Å²) in [6, 6.07) is 7.43. The van der Waals surface area contributed by atoms with Gasteiger partial charge < -0.3 is 24.8 Å². The molecule has 3 atom stereocenters. The first-order valence-electron chi connectivity index (χ1n) is 8.87. The van der Waals surface area contributed by atoms with Crippen LogP contribution in [0.15, 0.2) is 30.3 Å². The van der Waals surface area contributed by atoms with Gasteiger partial charge in [0.15, 0.2) is 0 Å². The third-order valence-electron chi connectivity index (χ3n) is 4.45. The molecule has 8 nitrogen and oxygen atoms in total. The van der Waals surface area contributed by atoms with E-state index in [2.05, 4.69) is 10.1 Å². The Morgan fingerprint density at radius 2 is 1.93 bits per heavy atom. The molecule has 0 aromatic heterocycles. The van der Waals surface area contributed by atoms with Crippen LogP contribution in [0.1, 0.15) is 25.8 Å². The zero-order chi connectivity index (χ0) is 20.0. The number of aliphatic hydroxyl groups excluding tert-OH is 1. The lowest BCUT2D eigenvalue weighted by Crippen LogP contribution is -2.54. The Bertz CT molecular complexity index is 663. The van der Waals surface area contributed by atoms with E-state index in [4.69, 9.17) is 4.74 Å². The fourth-order valence-electron chi connectivity index (χ4n) is 2.98. The van der Waals surface area contributed by atoms with E-state index in [1.165, 1.54) is 12.0 Å². The molecule has 0 radical (unpaired) electrons. The van der Waals surface area contributed by atoms with E-state index in [9.17, 15) is 19.5 Å². The van der Waals surface area contributed by atoms with Crippen LogP contribution in [0.4, 0.5) is 4.79 Å². The van der Waals surface area contributed by atoms with Crippen molar-refractivity contribution in [3.05, 3.63) is 35.9 Å². The highest BCUT2D eigenvalue weighted by Crippen LogP contribution is 2.22. The monoisotopic (exact) mass is 378 g/mol. The third kappa shape index (κ3) is 5.43. The van der Waals surface area contributed by atoms with Gasteiger partial charge >= 0.3 is 12.1 Å². The van der Waals surface area contributed by atoms with Crippen molar-refractivity contribution in [3.63, 3.8) is 0 Å². The Morgan fingerprint density at radius 1 is 1.26 bits per heavy atom. The Morgan fingerprint density at radius 3 is 2.52 bits per heavy atom.